The average molecular weight is 76.1 g/mol. The third kappa shape index (κ3) is 3.32. The number of nitrogens with one attached hydrogen (secondary N) is 2. The Bertz CT molecular complexity index is 24.8. The second kappa shape index (κ2) is 3.32. The Balaban J connectivity index is 2.40. The smallest absolute Gasteiger partial charge is 0.0667 e. The summed E-state index contributed by atoms with van der Waals surface area (Å²) in [5.41, 5.74) is 3.50. The van der Waals surface area contributed by atoms with E-state index < -0.39 is 0 Å². The van der Waals surface area contributed by atoms with Crippen LogP contribution in [0, 0.1) is 4.91 Å². The van der Waals surface area contributed by atoms with Gasteiger partial charge in [-0.15, -0.1) is 4.91 Å². The van der Waals surface area contributed by atoms with Crippen LogP contribution in [0.5, 0.6) is 0 Å². The Labute approximate surface area is 28.4 Å². The Kier molecular flexibility index (Phi) is 2.87. The molecule has 0 aliphatic rings. The lowest BCUT2D eigenvalue weighted by Crippen LogP contribution is -2.32. The molecule has 0 aliphatic carbocycles. The zero-order chi connectivity index (χ0) is 4.12. The van der Waals surface area contributed by atoms with Gasteiger partial charge in [-0.3, -0.25) is 5.84 Å². The number of hydrogen-bond acceptors (Lipinski definition) is 4. The molecular weight excluding hydrogens is 72.0 g/mol. The summed E-state index contributed by atoms with van der Waals surface area (Å²) in [7, 11) is 0. The first kappa shape index (κ1) is 4.32. The van der Waals surface area contributed by atoms with Gasteiger partial charge < -0.3 is 0 Å². The maximum atomic E-state index is 8.90. The van der Waals surface area contributed by atoms with Crippen molar-refractivity contribution >= 4 is 0 Å². The SMILES string of the molecule is NNNN=O. The van der Waals surface area contributed by atoms with Gasteiger partial charge in [-0.05, 0) is 0 Å². The van der Waals surface area contributed by atoms with Crippen LogP contribution in [0.3, 0.4) is 0 Å². The maximum Gasteiger partial charge on any atom is 0.0667 e. The first-order valence-corrected chi connectivity index (χ1v) is 0.945. The van der Waals surface area contributed by atoms with E-state index in [0.29, 0.717) is 0 Å². The van der Waals surface area contributed by atoms with Crippen molar-refractivity contribution in [1.82, 2.24) is 11.1 Å². The van der Waals surface area contributed by atoms with E-state index in [4.69, 9.17) is 4.91 Å². The number of nitroso groups, excluding NO2 is 1. The highest BCUT2D eigenvalue weighted by molar-refractivity contribution is 4.05. The van der Waals surface area contributed by atoms with Crippen LogP contribution in [0.4, 0.5) is 0 Å². The molecule has 0 saturated carbocycles. The third-order valence-corrected chi connectivity index (χ3v) is 0.110. The second-order valence-electron chi connectivity index (χ2n) is 0.347. The summed E-state index contributed by atoms with van der Waals surface area (Å²) in [5.74, 6) is 4.48. The van der Waals surface area contributed by atoms with Gasteiger partial charge in [-0.1, -0.05) is 0 Å². The maximum absolute atomic E-state index is 8.90. The Hall–Kier alpha value is -0.680. The summed E-state index contributed by atoms with van der Waals surface area (Å²) in [6.07, 6.45) is 0. The molecule has 5 nitrogen and oxygen atoms in total. The van der Waals surface area contributed by atoms with Gasteiger partial charge in [0.05, 0.1) is 5.29 Å². The van der Waals surface area contributed by atoms with Gasteiger partial charge in [0.25, 0.3) is 0 Å². The van der Waals surface area contributed by atoms with Crippen molar-refractivity contribution < 1.29 is 0 Å². The van der Waals surface area contributed by atoms with E-state index in [9.17, 15) is 0 Å². The predicted molar refractivity (Wildman–Crippen MR) is 16.3 cm³/mol. The van der Waals surface area contributed by atoms with Gasteiger partial charge in [0.1, 0.15) is 0 Å². The minimum Gasteiger partial charge on any atom is -0.252 e. The first-order valence-electron chi connectivity index (χ1n) is 0.945. The lowest BCUT2D eigenvalue weighted by molar-refractivity contribution is 0.578. The molecule has 0 radical (unpaired) electrons. The molecule has 0 bridgehead atoms. The summed E-state index contributed by atoms with van der Waals surface area (Å²) < 4.78 is 0. The summed E-state index contributed by atoms with van der Waals surface area (Å²) in [6.45, 7) is 0. The van der Waals surface area contributed by atoms with Crippen molar-refractivity contribution in [2.24, 2.45) is 11.1 Å². The molecule has 4 N–H and O–H groups in total. The molecule has 0 aromatic heterocycles. The minimum absolute atomic E-state index is 1.71. The number of rotatable bonds is 2. The normalized spacial score (nSPS) is 6.60. The zero-order valence-corrected chi connectivity index (χ0v) is 2.43. The van der Waals surface area contributed by atoms with Gasteiger partial charge in [0, 0.05) is 0 Å². The molecule has 0 unspecified atom stereocenters. The molecule has 0 heterocycles. The van der Waals surface area contributed by atoms with Crippen LogP contribution < -0.4 is 16.9 Å². The fourth-order valence-corrected chi connectivity index (χ4v) is 0.0264. The quantitative estimate of drug-likeness (QED) is 0.215. The summed E-state index contributed by atoms with van der Waals surface area (Å²) in [6, 6.07) is 0. The molecule has 0 fully saturated rings. The highest BCUT2D eigenvalue weighted by Gasteiger charge is 1.54. The van der Waals surface area contributed by atoms with Crippen LogP contribution in [-0.4, -0.2) is 0 Å². The van der Waals surface area contributed by atoms with E-state index in [1.165, 1.54) is 0 Å². The first-order chi connectivity index (χ1) is 2.41. The van der Waals surface area contributed by atoms with E-state index in [2.05, 4.69) is 11.1 Å². The lowest BCUT2D eigenvalue weighted by Gasteiger charge is -1.81. The van der Waals surface area contributed by atoms with Crippen molar-refractivity contribution in [1.29, 1.82) is 0 Å². The molecule has 0 aliphatic heterocycles. The van der Waals surface area contributed by atoms with E-state index in [0.717, 1.165) is 0 Å². The standard InChI is InChI=1S/H4N4O/c1-2-3-4-5/h(H,2,4)(H3,1,3,5). The lowest BCUT2D eigenvalue weighted by atomic mass is 12.4. The van der Waals surface area contributed by atoms with Gasteiger partial charge in [-0.2, -0.15) is 11.1 Å². The Morgan fingerprint density at radius 3 is 2.40 bits per heavy atom. The minimum atomic E-state index is 1.71. The number of nitrogens with two attached hydrogens (primary N) is 1. The Morgan fingerprint density at radius 1 is 1.80 bits per heavy atom. The van der Waals surface area contributed by atoms with Crippen LogP contribution in [0.25, 0.3) is 0 Å². The van der Waals surface area contributed by atoms with Crippen molar-refractivity contribution in [3.8, 4) is 0 Å². The Morgan fingerprint density at radius 2 is 2.40 bits per heavy atom. The van der Waals surface area contributed by atoms with Crippen molar-refractivity contribution in [2.75, 3.05) is 0 Å². The van der Waals surface area contributed by atoms with Gasteiger partial charge in [0.2, 0.25) is 0 Å². The fraction of sp³-hybridized carbons (Fsp3) is 0. The molecule has 5 heteroatoms. The highest BCUT2D eigenvalue weighted by atomic mass is 16.3. The number of hydrazine groups is 2. The molecule has 0 rings (SSSR count). The van der Waals surface area contributed by atoms with Crippen molar-refractivity contribution in [3.05, 3.63) is 4.91 Å². The number of hydrogen-bond donors (Lipinski definition) is 3. The van der Waals surface area contributed by atoms with E-state index in [1.54, 1.807) is 11.1 Å². The van der Waals surface area contributed by atoms with Crippen molar-refractivity contribution in [3.63, 3.8) is 0 Å². The summed E-state index contributed by atoms with van der Waals surface area (Å²) in [5, 5.41) is 2.12. The fourth-order valence-electron chi connectivity index (χ4n) is 0.0264. The molecule has 0 amide bonds. The molecule has 5 heavy (non-hydrogen) atoms. The highest BCUT2D eigenvalue weighted by Crippen LogP contribution is 1.30. The molecular formula is H4N4O. The van der Waals surface area contributed by atoms with Crippen LogP contribution in [-0.2, 0) is 0 Å². The monoisotopic (exact) mass is 76.0 g/mol. The second-order valence-corrected chi connectivity index (χ2v) is 0.347. The number of nitrogens with zero attached hydrogens (tertiary/aromatic N) is 1. The molecule has 0 aromatic carbocycles. The van der Waals surface area contributed by atoms with Gasteiger partial charge in [-0.25, -0.2) is 0 Å². The van der Waals surface area contributed by atoms with Gasteiger partial charge >= 0.3 is 0 Å². The molecule has 0 spiro atoms. The topological polar surface area (TPSA) is 79.5 Å². The summed E-state index contributed by atoms with van der Waals surface area (Å²) >= 11 is 0. The molecule has 0 aromatic rings. The predicted octanol–water partition coefficient (Wildman–Crippen LogP) is -1.36. The van der Waals surface area contributed by atoms with E-state index >= 15 is 0 Å². The summed E-state index contributed by atoms with van der Waals surface area (Å²) in [4.78, 5) is 8.90. The van der Waals surface area contributed by atoms with Crippen LogP contribution >= 0.6 is 0 Å². The van der Waals surface area contributed by atoms with Crippen LogP contribution in [0.2, 0.25) is 0 Å². The molecule has 30 valence electrons. The average Bonchev–Trinajstić information content (AvgIpc) is 1.41. The van der Waals surface area contributed by atoms with Gasteiger partial charge in [0.15, 0.2) is 0 Å². The molecule has 0 atom stereocenters. The van der Waals surface area contributed by atoms with E-state index in [-0.39, 0.29) is 0 Å². The van der Waals surface area contributed by atoms with Crippen LogP contribution in [0.1, 0.15) is 0 Å². The van der Waals surface area contributed by atoms with Crippen LogP contribution in [0.15, 0.2) is 5.29 Å². The third-order valence-electron chi connectivity index (χ3n) is 0.110. The molecule has 0 saturated heterocycles. The largest absolute Gasteiger partial charge is 0.252 e. The zero-order valence-electron chi connectivity index (χ0n) is 2.43. The van der Waals surface area contributed by atoms with Crippen molar-refractivity contribution in [2.45, 2.75) is 0 Å². The van der Waals surface area contributed by atoms with E-state index in [1.807, 2.05) is 0 Å².